The molecule has 0 saturated heterocycles. The standard InChI is InChI=1S/C16H20N2S2/c1-3-19-11-5-7-13(15(17)9-11)14-8-6-12(20-4-2)10-16(14)18/h5-10H,3-4,17-18H2,1-2H3. The molecule has 0 saturated carbocycles. The average Bonchev–Trinajstić information content (AvgIpc) is 2.41. The molecule has 0 aliphatic heterocycles. The lowest BCUT2D eigenvalue weighted by molar-refractivity contribution is 1.41. The normalized spacial score (nSPS) is 10.7. The van der Waals surface area contributed by atoms with E-state index in [-0.39, 0.29) is 0 Å². The van der Waals surface area contributed by atoms with Crippen LogP contribution in [0.5, 0.6) is 0 Å². The zero-order valence-corrected chi connectivity index (χ0v) is 13.5. The molecule has 0 aliphatic rings. The highest BCUT2D eigenvalue weighted by molar-refractivity contribution is 7.99. The third-order valence-electron chi connectivity index (χ3n) is 2.96. The fourth-order valence-corrected chi connectivity index (χ4v) is 3.50. The SMILES string of the molecule is CCSc1ccc(-c2ccc(SCC)cc2N)c(N)c1. The van der Waals surface area contributed by atoms with Crippen molar-refractivity contribution in [2.75, 3.05) is 23.0 Å². The second-order valence-electron chi connectivity index (χ2n) is 4.36. The summed E-state index contributed by atoms with van der Waals surface area (Å²) >= 11 is 3.58. The molecule has 20 heavy (non-hydrogen) atoms. The van der Waals surface area contributed by atoms with Gasteiger partial charge >= 0.3 is 0 Å². The summed E-state index contributed by atoms with van der Waals surface area (Å²) in [5.41, 5.74) is 15.9. The molecule has 2 aromatic rings. The second kappa shape index (κ2) is 6.95. The van der Waals surface area contributed by atoms with Crippen LogP contribution in [0.2, 0.25) is 0 Å². The zero-order valence-electron chi connectivity index (χ0n) is 11.8. The molecular weight excluding hydrogens is 284 g/mol. The molecule has 4 heteroatoms. The highest BCUT2D eigenvalue weighted by Crippen LogP contribution is 2.35. The van der Waals surface area contributed by atoms with Crippen LogP contribution < -0.4 is 11.5 Å². The van der Waals surface area contributed by atoms with Gasteiger partial charge in [0.25, 0.3) is 0 Å². The van der Waals surface area contributed by atoms with Gasteiger partial charge in [0, 0.05) is 32.3 Å². The minimum atomic E-state index is 0.783. The molecule has 0 radical (unpaired) electrons. The summed E-state index contributed by atoms with van der Waals surface area (Å²) in [5.74, 6) is 2.09. The molecule has 0 heterocycles. The molecule has 4 N–H and O–H groups in total. The van der Waals surface area contributed by atoms with Crippen molar-refractivity contribution < 1.29 is 0 Å². The van der Waals surface area contributed by atoms with Crippen molar-refractivity contribution in [2.24, 2.45) is 0 Å². The van der Waals surface area contributed by atoms with Crippen LogP contribution in [0.3, 0.4) is 0 Å². The average molecular weight is 304 g/mol. The van der Waals surface area contributed by atoms with Crippen LogP contribution in [-0.4, -0.2) is 11.5 Å². The maximum Gasteiger partial charge on any atom is 0.0405 e. The largest absolute Gasteiger partial charge is 0.398 e. The number of thioether (sulfide) groups is 2. The molecule has 0 spiro atoms. The lowest BCUT2D eigenvalue weighted by Crippen LogP contribution is -1.95. The predicted octanol–water partition coefficient (Wildman–Crippen LogP) is 4.74. The zero-order chi connectivity index (χ0) is 14.5. The van der Waals surface area contributed by atoms with Crippen molar-refractivity contribution in [2.45, 2.75) is 23.6 Å². The molecular formula is C16H20N2S2. The van der Waals surface area contributed by atoms with Gasteiger partial charge in [-0.15, -0.1) is 23.5 Å². The molecule has 0 fully saturated rings. The smallest absolute Gasteiger partial charge is 0.0405 e. The molecule has 106 valence electrons. The van der Waals surface area contributed by atoms with Gasteiger partial charge in [-0.25, -0.2) is 0 Å². The van der Waals surface area contributed by atoms with Gasteiger partial charge in [-0.1, -0.05) is 26.0 Å². The Labute approximate surface area is 129 Å². The lowest BCUT2D eigenvalue weighted by Gasteiger charge is -2.11. The number of benzene rings is 2. The maximum absolute atomic E-state index is 6.18. The van der Waals surface area contributed by atoms with Crippen molar-refractivity contribution in [3.8, 4) is 11.1 Å². The molecule has 2 rings (SSSR count). The first-order chi connectivity index (χ1) is 9.65. The van der Waals surface area contributed by atoms with Gasteiger partial charge in [0.05, 0.1) is 0 Å². The first kappa shape index (κ1) is 15.1. The fraction of sp³-hybridized carbons (Fsp3) is 0.250. The van der Waals surface area contributed by atoms with E-state index in [0.717, 1.165) is 34.0 Å². The Morgan fingerprint density at radius 3 is 1.45 bits per heavy atom. The number of anilines is 2. The Bertz CT molecular complexity index is 544. The topological polar surface area (TPSA) is 52.0 Å². The summed E-state index contributed by atoms with van der Waals surface area (Å²) in [6, 6.07) is 12.4. The summed E-state index contributed by atoms with van der Waals surface area (Å²) < 4.78 is 0. The molecule has 0 amide bonds. The van der Waals surface area contributed by atoms with Gasteiger partial charge in [0.2, 0.25) is 0 Å². The summed E-state index contributed by atoms with van der Waals surface area (Å²) in [6.07, 6.45) is 0. The minimum Gasteiger partial charge on any atom is -0.398 e. The molecule has 0 unspecified atom stereocenters. The Balaban J connectivity index is 2.36. The second-order valence-corrected chi connectivity index (χ2v) is 7.04. The van der Waals surface area contributed by atoms with E-state index in [9.17, 15) is 0 Å². The number of nitrogens with two attached hydrogens (primary N) is 2. The van der Waals surface area contributed by atoms with Gasteiger partial charge < -0.3 is 11.5 Å². The van der Waals surface area contributed by atoms with Crippen molar-refractivity contribution in [3.63, 3.8) is 0 Å². The highest BCUT2D eigenvalue weighted by Gasteiger charge is 2.08. The van der Waals surface area contributed by atoms with Crippen molar-refractivity contribution in [1.82, 2.24) is 0 Å². The van der Waals surface area contributed by atoms with Crippen LogP contribution >= 0.6 is 23.5 Å². The summed E-state index contributed by atoms with van der Waals surface area (Å²) in [5, 5.41) is 0. The number of hydrogen-bond acceptors (Lipinski definition) is 4. The lowest BCUT2D eigenvalue weighted by atomic mass is 10.0. The van der Waals surface area contributed by atoms with Gasteiger partial charge in [-0.3, -0.25) is 0 Å². The van der Waals surface area contributed by atoms with Crippen molar-refractivity contribution >= 4 is 34.9 Å². The quantitative estimate of drug-likeness (QED) is 0.618. The summed E-state index contributed by atoms with van der Waals surface area (Å²) in [4.78, 5) is 2.40. The van der Waals surface area contributed by atoms with Crippen LogP contribution in [0.1, 0.15) is 13.8 Å². The van der Waals surface area contributed by atoms with Gasteiger partial charge in [0.15, 0.2) is 0 Å². The first-order valence-electron chi connectivity index (χ1n) is 6.70. The van der Waals surface area contributed by atoms with Crippen molar-refractivity contribution in [3.05, 3.63) is 36.4 Å². The number of rotatable bonds is 5. The van der Waals surface area contributed by atoms with E-state index in [4.69, 9.17) is 11.5 Å². The predicted molar refractivity (Wildman–Crippen MR) is 93.5 cm³/mol. The maximum atomic E-state index is 6.18. The van der Waals surface area contributed by atoms with Crippen LogP contribution in [0, 0.1) is 0 Å². The van der Waals surface area contributed by atoms with E-state index in [0.29, 0.717) is 0 Å². The number of hydrogen-bond donors (Lipinski definition) is 2. The molecule has 0 bridgehead atoms. The Morgan fingerprint density at radius 2 is 1.15 bits per heavy atom. The first-order valence-corrected chi connectivity index (χ1v) is 8.67. The van der Waals surface area contributed by atoms with Crippen LogP contribution in [0.25, 0.3) is 11.1 Å². The molecule has 0 aromatic heterocycles. The molecule has 0 aliphatic carbocycles. The Morgan fingerprint density at radius 1 is 0.750 bits per heavy atom. The van der Waals surface area contributed by atoms with E-state index in [2.05, 4.69) is 38.1 Å². The third kappa shape index (κ3) is 3.44. The monoisotopic (exact) mass is 304 g/mol. The van der Waals surface area contributed by atoms with E-state index in [1.165, 1.54) is 9.79 Å². The minimum absolute atomic E-state index is 0.783. The van der Waals surface area contributed by atoms with Crippen LogP contribution in [0.15, 0.2) is 46.2 Å². The fourth-order valence-electron chi connectivity index (χ4n) is 2.09. The van der Waals surface area contributed by atoms with Crippen molar-refractivity contribution in [1.29, 1.82) is 0 Å². The highest BCUT2D eigenvalue weighted by atomic mass is 32.2. The number of nitrogen functional groups attached to an aromatic ring is 2. The Kier molecular flexibility index (Phi) is 5.26. The molecule has 2 aromatic carbocycles. The Hall–Kier alpha value is -1.26. The van der Waals surface area contributed by atoms with E-state index >= 15 is 0 Å². The molecule has 0 atom stereocenters. The van der Waals surface area contributed by atoms with Gasteiger partial charge in [0.1, 0.15) is 0 Å². The van der Waals surface area contributed by atoms with E-state index in [1.807, 2.05) is 12.1 Å². The van der Waals surface area contributed by atoms with E-state index < -0.39 is 0 Å². The summed E-state index contributed by atoms with van der Waals surface area (Å²) in [7, 11) is 0. The molecule has 2 nitrogen and oxygen atoms in total. The van der Waals surface area contributed by atoms with Crippen LogP contribution in [-0.2, 0) is 0 Å². The third-order valence-corrected chi connectivity index (χ3v) is 4.71. The summed E-state index contributed by atoms with van der Waals surface area (Å²) in [6.45, 7) is 4.27. The van der Waals surface area contributed by atoms with Crippen LogP contribution in [0.4, 0.5) is 11.4 Å². The van der Waals surface area contributed by atoms with Gasteiger partial charge in [-0.2, -0.15) is 0 Å². The van der Waals surface area contributed by atoms with Gasteiger partial charge in [-0.05, 0) is 35.8 Å². The van der Waals surface area contributed by atoms with E-state index in [1.54, 1.807) is 23.5 Å².